The molecule has 0 aliphatic carbocycles. The standard InChI is InChI=1S/C15H16BrFN2/c1-10(14-5-3-4-8-19-14)15(18-2)11-6-7-12(16)13(17)9-11/h3-10,15,18H,1-2H3. The predicted molar refractivity (Wildman–Crippen MR) is 78.6 cm³/mol. The molecule has 19 heavy (non-hydrogen) atoms. The lowest BCUT2D eigenvalue weighted by Crippen LogP contribution is -2.23. The fourth-order valence-corrected chi connectivity index (χ4v) is 2.47. The molecule has 2 rings (SSSR count). The number of nitrogens with one attached hydrogen (secondary N) is 1. The Morgan fingerprint density at radius 1 is 1.26 bits per heavy atom. The molecule has 4 heteroatoms. The average Bonchev–Trinajstić information content (AvgIpc) is 2.44. The van der Waals surface area contributed by atoms with E-state index in [1.807, 2.05) is 31.3 Å². The van der Waals surface area contributed by atoms with Crippen LogP contribution in [-0.2, 0) is 0 Å². The molecular formula is C15H16BrFN2. The van der Waals surface area contributed by atoms with Crippen LogP contribution < -0.4 is 5.32 Å². The van der Waals surface area contributed by atoms with Gasteiger partial charge in [0.2, 0.25) is 0 Å². The molecule has 100 valence electrons. The van der Waals surface area contributed by atoms with Crippen LogP contribution >= 0.6 is 15.9 Å². The molecule has 0 amide bonds. The zero-order chi connectivity index (χ0) is 13.8. The smallest absolute Gasteiger partial charge is 0.137 e. The lowest BCUT2D eigenvalue weighted by molar-refractivity contribution is 0.495. The third-order valence-electron chi connectivity index (χ3n) is 3.27. The molecule has 0 radical (unpaired) electrons. The molecule has 0 aliphatic rings. The Balaban J connectivity index is 2.31. The molecule has 0 saturated heterocycles. The minimum absolute atomic E-state index is 0.0255. The lowest BCUT2D eigenvalue weighted by atomic mass is 9.91. The zero-order valence-corrected chi connectivity index (χ0v) is 12.5. The maximum absolute atomic E-state index is 13.7. The quantitative estimate of drug-likeness (QED) is 0.918. The van der Waals surface area contributed by atoms with Crippen molar-refractivity contribution in [3.8, 4) is 0 Å². The Hall–Kier alpha value is -1.26. The van der Waals surface area contributed by atoms with Crippen LogP contribution in [-0.4, -0.2) is 12.0 Å². The van der Waals surface area contributed by atoms with Gasteiger partial charge in [0, 0.05) is 23.9 Å². The van der Waals surface area contributed by atoms with Crippen molar-refractivity contribution < 1.29 is 4.39 Å². The van der Waals surface area contributed by atoms with E-state index in [4.69, 9.17) is 0 Å². The predicted octanol–water partition coefficient (Wildman–Crippen LogP) is 4.05. The number of pyridine rings is 1. The molecule has 0 spiro atoms. The van der Waals surface area contributed by atoms with E-state index in [9.17, 15) is 4.39 Å². The van der Waals surface area contributed by atoms with Crippen LogP contribution in [0.3, 0.4) is 0 Å². The molecule has 1 aromatic carbocycles. The van der Waals surface area contributed by atoms with Crippen molar-refractivity contribution in [1.29, 1.82) is 0 Å². The highest BCUT2D eigenvalue weighted by molar-refractivity contribution is 9.10. The topological polar surface area (TPSA) is 24.9 Å². The van der Waals surface area contributed by atoms with Crippen LogP contribution in [0.1, 0.15) is 30.1 Å². The monoisotopic (exact) mass is 322 g/mol. The van der Waals surface area contributed by atoms with E-state index in [-0.39, 0.29) is 17.8 Å². The van der Waals surface area contributed by atoms with E-state index in [0.29, 0.717) is 4.47 Å². The molecule has 1 heterocycles. The van der Waals surface area contributed by atoms with Gasteiger partial charge in [0.15, 0.2) is 0 Å². The summed E-state index contributed by atoms with van der Waals surface area (Å²) in [6.45, 7) is 2.09. The third kappa shape index (κ3) is 3.19. The number of likely N-dealkylation sites (N-methyl/N-ethyl adjacent to an activating group) is 1. The van der Waals surface area contributed by atoms with Gasteiger partial charge in [-0.1, -0.05) is 19.1 Å². The molecule has 0 bridgehead atoms. The summed E-state index contributed by atoms with van der Waals surface area (Å²) >= 11 is 3.17. The second-order valence-corrected chi connectivity index (χ2v) is 5.34. The Bertz CT molecular complexity index is 545. The lowest BCUT2D eigenvalue weighted by Gasteiger charge is -2.24. The highest BCUT2D eigenvalue weighted by Crippen LogP contribution is 2.30. The van der Waals surface area contributed by atoms with Gasteiger partial charge in [0.25, 0.3) is 0 Å². The second-order valence-electron chi connectivity index (χ2n) is 4.48. The number of nitrogens with zero attached hydrogens (tertiary/aromatic N) is 1. The van der Waals surface area contributed by atoms with E-state index in [1.165, 1.54) is 0 Å². The van der Waals surface area contributed by atoms with Gasteiger partial charge in [0.1, 0.15) is 5.82 Å². The van der Waals surface area contributed by atoms with Gasteiger partial charge in [-0.05, 0) is 52.8 Å². The first-order valence-corrected chi connectivity index (χ1v) is 6.96. The van der Waals surface area contributed by atoms with Gasteiger partial charge in [-0.2, -0.15) is 0 Å². The Morgan fingerprint density at radius 2 is 2.05 bits per heavy atom. The van der Waals surface area contributed by atoms with E-state index in [2.05, 4.69) is 33.2 Å². The Morgan fingerprint density at radius 3 is 2.63 bits per heavy atom. The number of rotatable bonds is 4. The molecule has 2 nitrogen and oxygen atoms in total. The molecule has 0 aliphatic heterocycles. The highest BCUT2D eigenvalue weighted by atomic mass is 79.9. The summed E-state index contributed by atoms with van der Waals surface area (Å²) < 4.78 is 14.1. The molecule has 0 fully saturated rings. The summed E-state index contributed by atoms with van der Waals surface area (Å²) in [6.07, 6.45) is 1.78. The maximum Gasteiger partial charge on any atom is 0.137 e. The van der Waals surface area contributed by atoms with E-state index in [0.717, 1.165) is 11.3 Å². The van der Waals surface area contributed by atoms with Crippen molar-refractivity contribution in [3.05, 3.63) is 64.1 Å². The molecule has 2 aromatic rings. The summed E-state index contributed by atoms with van der Waals surface area (Å²) in [7, 11) is 1.88. The molecule has 2 atom stereocenters. The number of benzene rings is 1. The average molecular weight is 323 g/mol. The molecule has 1 N–H and O–H groups in total. The SMILES string of the molecule is CNC(c1ccc(Br)c(F)c1)C(C)c1ccccn1. The van der Waals surface area contributed by atoms with Gasteiger partial charge in [-0.15, -0.1) is 0 Å². The number of hydrogen-bond acceptors (Lipinski definition) is 2. The van der Waals surface area contributed by atoms with Crippen molar-refractivity contribution in [1.82, 2.24) is 10.3 Å². The fraction of sp³-hybridized carbons (Fsp3) is 0.267. The van der Waals surface area contributed by atoms with Gasteiger partial charge < -0.3 is 5.32 Å². The summed E-state index contributed by atoms with van der Waals surface area (Å²) in [6, 6.07) is 11.1. The summed E-state index contributed by atoms with van der Waals surface area (Å²) in [4.78, 5) is 4.37. The third-order valence-corrected chi connectivity index (χ3v) is 3.91. The molecule has 1 aromatic heterocycles. The van der Waals surface area contributed by atoms with Gasteiger partial charge >= 0.3 is 0 Å². The van der Waals surface area contributed by atoms with Crippen molar-refractivity contribution in [3.63, 3.8) is 0 Å². The van der Waals surface area contributed by atoms with Crippen LogP contribution in [0.15, 0.2) is 47.1 Å². The van der Waals surface area contributed by atoms with Crippen LogP contribution in [0.25, 0.3) is 0 Å². The van der Waals surface area contributed by atoms with Crippen LogP contribution in [0, 0.1) is 5.82 Å². The maximum atomic E-state index is 13.7. The van der Waals surface area contributed by atoms with Crippen LogP contribution in [0.4, 0.5) is 4.39 Å². The first-order chi connectivity index (χ1) is 9.13. The van der Waals surface area contributed by atoms with Crippen molar-refractivity contribution in [2.24, 2.45) is 0 Å². The first-order valence-electron chi connectivity index (χ1n) is 6.16. The normalized spacial score (nSPS) is 14.1. The number of hydrogen-bond donors (Lipinski definition) is 1. The van der Waals surface area contributed by atoms with Crippen molar-refractivity contribution in [2.75, 3.05) is 7.05 Å². The second kappa shape index (κ2) is 6.26. The van der Waals surface area contributed by atoms with E-state index < -0.39 is 0 Å². The number of aromatic nitrogens is 1. The van der Waals surface area contributed by atoms with Crippen LogP contribution in [0.2, 0.25) is 0 Å². The summed E-state index contributed by atoms with van der Waals surface area (Å²) in [5, 5.41) is 3.24. The number of halogens is 2. The van der Waals surface area contributed by atoms with E-state index >= 15 is 0 Å². The van der Waals surface area contributed by atoms with Crippen molar-refractivity contribution >= 4 is 15.9 Å². The summed E-state index contributed by atoms with van der Waals surface area (Å²) in [5.41, 5.74) is 1.91. The van der Waals surface area contributed by atoms with Crippen molar-refractivity contribution in [2.45, 2.75) is 18.9 Å². The molecular weight excluding hydrogens is 307 g/mol. The molecule has 2 unspecified atom stereocenters. The van der Waals surface area contributed by atoms with E-state index in [1.54, 1.807) is 18.3 Å². The van der Waals surface area contributed by atoms with Crippen LogP contribution in [0.5, 0.6) is 0 Å². The largest absolute Gasteiger partial charge is 0.312 e. The Kier molecular flexibility index (Phi) is 4.66. The van der Waals surface area contributed by atoms with Gasteiger partial charge in [-0.3, -0.25) is 4.98 Å². The van der Waals surface area contributed by atoms with Gasteiger partial charge in [-0.25, -0.2) is 4.39 Å². The Labute approximate surface area is 121 Å². The highest BCUT2D eigenvalue weighted by Gasteiger charge is 2.20. The molecule has 0 saturated carbocycles. The zero-order valence-electron chi connectivity index (χ0n) is 10.9. The minimum Gasteiger partial charge on any atom is -0.312 e. The fourth-order valence-electron chi connectivity index (χ4n) is 2.23. The van der Waals surface area contributed by atoms with Gasteiger partial charge in [0.05, 0.1) is 4.47 Å². The summed E-state index contributed by atoms with van der Waals surface area (Å²) in [5.74, 6) is -0.0854. The minimum atomic E-state index is -0.244. The first kappa shape index (κ1) is 14.2.